The molecule has 0 radical (unpaired) electrons. The number of hydrogen-bond acceptors (Lipinski definition) is 3. The van der Waals surface area contributed by atoms with E-state index in [1.807, 2.05) is 11.3 Å². The van der Waals surface area contributed by atoms with Gasteiger partial charge in [0.15, 0.2) is 0 Å². The molecule has 0 bridgehead atoms. The molecule has 0 aliphatic heterocycles. The van der Waals surface area contributed by atoms with Gasteiger partial charge in [0.2, 0.25) is 0 Å². The molecule has 3 heteroatoms. The van der Waals surface area contributed by atoms with Crippen LogP contribution in [0.4, 0.5) is 0 Å². The van der Waals surface area contributed by atoms with E-state index in [4.69, 9.17) is 5.73 Å². The third-order valence-corrected chi connectivity index (χ3v) is 4.58. The number of rotatable bonds is 5. The summed E-state index contributed by atoms with van der Waals surface area (Å²) in [5.41, 5.74) is 6.64. The Morgan fingerprint density at radius 2 is 2.17 bits per heavy atom. The topological polar surface area (TPSA) is 29.3 Å². The maximum Gasteiger partial charge on any atom is 0.0555 e. The first kappa shape index (κ1) is 12.2. The normalized spacial score (nSPS) is 18.8. The van der Waals surface area contributed by atoms with E-state index >= 15 is 0 Å². The van der Waals surface area contributed by atoms with Crippen LogP contribution in [0, 0.1) is 17.8 Å². The molecule has 18 heavy (non-hydrogen) atoms. The van der Waals surface area contributed by atoms with Gasteiger partial charge < -0.3 is 5.73 Å². The monoisotopic (exact) mass is 260 g/mol. The zero-order valence-electron chi connectivity index (χ0n) is 10.7. The minimum Gasteiger partial charge on any atom is -0.320 e. The van der Waals surface area contributed by atoms with Gasteiger partial charge in [0, 0.05) is 29.6 Å². The van der Waals surface area contributed by atoms with Gasteiger partial charge in [-0.1, -0.05) is 11.8 Å². The van der Waals surface area contributed by atoms with E-state index in [2.05, 4.69) is 28.2 Å². The molecule has 2 aliphatic rings. The lowest BCUT2D eigenvalue weighted by Gasteiger charge is -2.21. The Hall–Kier alpha value is -0.820. The number of hydrogen-bond donors (Lipinski definition) is 1. The number of thiophene rings is 1. The van der Waals surface area contributed by atoms with Gasteiger partial charge in [-0.3, -0.25) is 4.90 Å². The summed E-state index contributed by atoms with van der Waals surface area (Å²) in [6.07, 6.45) is 5.66. The van der Waals surface area contributed by atoms with Crippen molar-refractivity contribution in [2.24, 2.45) is 11.7 Å². The molecule has 0 atom stereocenters. The summed E-state index contributed by atoms with van der Waals surface area (Å²) in [5.74, 6) is 7.14. The molecule has 2 fully saturated rings. The minimum atomic E-state index is 0.448. The average Bonchev–Trinajstić information content (AvgIpc) is 3.26. The second-order valence-electron chi connectivity index (χ2n) is 5.37. The summed E-state index contributed by atoms with van der Waals surface area (Å²) < 4.78 is 0. The van der Waals surface area contributed by atoms with Crippen molar-refractivity contribution in [2.45, 2.75) is 38.3 Å². The van der Waals surface area contributed by atoms with Crippen LogP contribution in [0.3, 0.4) is 0 Å². The fraction of sp³-hybridized carbons (Fsp3) is 0.600. The van der Waals surface area contributed by atoms with Gasteiger partial charge in [-0.05, 0) is 43.0 Å². The molecular formula is C15H20N2S. The summed E-state index contributed by atoms with van der Waals surface area (Å²) in [6.45, 7) is 2.84. The predicted molar refractivity (Wildman–Crippen MR) is 76.4 cm³/mol. The summed E-state index contributed by atoms with van der Waals surface area (Å²) >= 11 is 1.84. The van der Waals surface area contributed by atoms with Gasteiger partial charge in [-0.15, -0.1) is 11.3 Å². The van der Waals surface area contributed by atoms with Crippen molar-refractivity contribution in [3.8, 4) is 11.8 Å². The van der Waals surface area contributed by atoms with Crippen LogP contribution < -0.4 is 5.73 Å². The Labute approximate surface area is 113 Å². The van der Waals surface area contributed by atoms with Crippen LogP contribution in [0.5, 0.6) is 0 Å². The zero-order valence-corrected chi connectivity index (χ0v) is 11.5. The third kappa shape index (κ3) is 3.14. The first-order valence-electron chi connectivity index (χ1n) is 6.86. The Morgan fingerprint density at radius 3 is 2.83 bits per heavy atom. The van der Waals surface area contributed by atoms with E-state index < -0.39 is 0 Å². The maximum absolute atomic E-state index is 5.45. The fourth-order valence-electron chi connectivity index (χ4n) is 2.32. The molecule has 1 heterocycles. The lowest BCUT2D eigenvalue weighted by molar-refractivity contribution is 0.246. The van der Waals surface area contributed by atoms with E-state index in [1.54, 1.807) is 0 Å². The molecule has 3 rings (SSSR count). The Bertz CT molecular complexity index is 460. The molecule has 2 N–H and O–H groups in total. The second-order valence-corrected chi connectivity index (χ2v) is 6.37. The third-order valence-electron chi connectivity index (χ3n) is 3.67. The quantitative estimate of drug-likeness (QED) is 0.824. The van der Waals surface area contributed by atoms with Crippen LogP contribution in [0.25, 0.3) is 0 Å². The summed E-state index contributed by atoms with van der Waals surface area (Å²) in [6, 6.07) is 2.98. The first-order valence-corrected chi connectivity index (χ1v) is 7.74. The van der Waals surface area contributed by atoms with Crippen molar-refractivity contribution in [1.82, 2.24) is 4.90 Å². The SMILES string of the molecule is NCC#Cc1ccsc1CN(CC1CC1)C1CC1. The lowest BCUT2D eigenvalue weighted by atomic mass is 10.2. The van der Waals surface area contributed by atoms with Gasteiger partial charge >= 0.3 is 0 Å². The van der Waals surface area contributed by atoms with Crippen LogP contribution in [-0.4, -0.2) is 24.0 Å². The molecule has 0 spiro atoms. The van der Waals surface area contributed by atoms with Gasteiger partial charge in [-0.25, -0.2) is 0 Å². The van der Waals surface area contributed by atoms with Crippen LogP contribution in [0.2, 0.25) is 0 Å². The van der Waals surface area contributed by atoms with Crippen molar-refractivity contribution in [3.63, 3.8) is 0 Å². The second kappa shape index (κ2) is 5.44. The van der Waals surface area contributed by atoms with E-state index in [0.29, 0.717) is 6.54 Å². The molecule has 2 aliphatic carbocycles. The highest BCUT2D eigenvalue weighted by Crippen LogP contribution is 2.36. The number of nitrogens with two attached hydrogens (primary N) is 1. The lowest BCUT2D eigenvalue weighted by Crippen LogP contribution is -2.27. The van der Waals surface area contributed by atoms with E-state index in [1.165, 1.54) is 42.7 Å². The van der Waals surface area contributed by atoms with Crippen LogP contribution >= 0.6 is 11.3 Å². The molecule has 0 amide bonds. The molecule has 96 valence electrons. The van der Waals surface area contributed by atoms with E-state index in [-0.39, 0.29) is 0 Å². The van der Waals surface area contributed by atoms with Crippen molar-refractivity contribution in [3.05, 3.63) is 21.9 Å². The average molecular weight is 260 g/mol. The van der Waals surface area contributed by atoms with Crippen molar-refractivity contribution in [2.75, 3.05) is 13.1 Å². The molecule has 0 aromatic carbocycles. The summed E-state index contributed by atoms with van der Waals surface area (Å²) in [5, 5.41) is 2.15. The predicted octanol–water partition coefficient (Wildman–Crippen LogP) is 2.43. The highest BCUT2D eigenvalue weighted by Gasteiger charge is 2.33. The van der Waals surface area contributed by atoms with Gasteiger partial charge in [0.1, 0.15) is 0 Å². The number of nitrogens with zero attached hydrogens (tertiary/aromatic N) is 1. The largest absolute Gasteiger partial charge is 0.320 e. The Morgan fingerprint density at radius 1 is 1.33 bits per heavy atom. The standard InChI is InChI=1S/C15H20N2S/c16-8-1-2-13-7-9-18-15(13)11-17(14-5-6-14)10-12-3-4-12/h7,9,12,14H,3-6,8,10-11,16H2. The summed E-state index contributed by atoms with van der Waals surface area (Å²) in [7, 11) is 0. The highest BCUT2D eigenvalue weighted by molar-refractivity contribution is 7.10. The molecule has 0 unspecified atom stereocenters. The van der Waals surface area contributed by atoms with Gasteiger partial charge in [-0.2, -0.15) is 0 Å². The fourth-order valence-corrected chi connectivity index (χ4v) is 3.17. The maximum atomic E-state index is 5.45. The smallest absolute Gasteiger partial charge is 0.0555 e. The molecule has 1 aromatic rings. The van der Waals surface area contributed by atoms with Crippen LogP contribution in [0.15, 0.2) is 11.4 Å². The highest BCUT2D eigenvalue weighted by atomic mass is 32.1. The Kier molecular flexibility index (Phi) is 3.69. The zero-order chi connectivity index (χ0) is 12.4. The van der Waals surface area contributed by atoms with Crippen LogP contribution in [-0.2, 0) is 6.54 Å². The molecular weight excluding hydrogens is 240 g/mol. The molecule has 0 saturated heterocycles. The van der Waals surface area contributed by atoms with Gasteiger partial charge in [0.05, 0.1) is 6.54 Å². The summed E-state index contributed by atoms with van der Waals surface area (Å²) in [4.78, 5) is 4.10. The van der Waals surface area contributed by atoms with Crippen molar-refractivity contribution < 1.29 is 0 Å². The van der Waals surface area contributed by atoms with Gasteiger partial charge in [0.25, 0.3) is 0 Å². The van der Waals surface area contributed by atoms with Crippen molar-refractivity contribution >= 4 is 11.3 Å². The molecule has 2 saturated carbocycles. The molecule has 1 aromatic heterocycles. The minimum absolute atomic E-state index is 0.448. The van der Waals surface area contributed by atoms with Crippen molar-refractivity contribution in [1.29, 1.82) is 0 Å². The Balaban J connectivity index is 1.67. The van der Waals surface area contributed by atoms with Crippen LogP contribution in [0.1, 0.15) is 36.1 Å². The van der Waals surface area contributed by atoms with E-state index in [0.717, 1.165) is 18.5 Å². The van der Waals surface area contributed by atoms with E-state index in [9.17, 15) is 0 Å². The molecule has 2 nitrogen and oxygen atoms in total. The first-order chi connectivity index (χ1) is 8.86.